The van der Waals surface area contributed by atoms with E-state index in [1.54, 1.807) is 4.90 Å². The molecule has 4 aliphatic rings. The molecule has 3 fully saturated rings. The lowest BCUT2D eigenvalue weighted by Crippen LogP contribution is -2.57. The van der Waals surface area contributed by atoms with E-state index in [9.17, 15) is 19.2 Å². The SMILES string of the molecule is CC(C)C(=O)N1CCC2(CC1)NC(=O)N([C@@H]1CCCN(C(=O)C[C@H]3C=CCC3)C1)C2=O. The van der Waals surface area contributed by atoms with Crippen LogP contribution in [0.15, 0.2) is 12.2 Å². The highest BCUT2D eigenvalue weighted by Crippen LogP contribution is 2.33. The van der Waals surface area contributed by atoms with Crippen LogP contribution in [0.3, 0.4) is 0 Å². The Kier molecular flexibility index (Phi) is 6.08. The second-order valence-electron chi connectivity index (χ2n) is 9.77. The van der Waals surface area contributed by atoms with Gasteiger partial charge in [-0.15, -0.1) is 0 Å². The van der Waals surface area contributed by atoms with Gasteiger partial charge in [0.1, 0.15) is 5.54 Å². The van der Waals surface area contributed by atoms with Crippen molar-refractivity contribution in [1.29, 1.82) is 0 Å². The fraction of sp³-hybridized carbons (Fsp3) is 0.739. The number of nitrogens with zero attached hydrogens (tertiary/aromatic N) is 3. The number of allylic oxidation sites excluding steroid dienone is 2. The minimum atomic E-state index is -0.911. The van der Waals surface area contributed by atoms with Crippen molar-refractivity contribution in [2.45, 2.75) is 70.4 Å². The molecule has 3 saturated heterocycles. The third-order valence-electron chi connectivity index (χ3n) is 7.28. The van der Waals surface area contributed by atoms with Crippen molar-refractivity contribution in [3.05, 3.63) is 12.2 Å². The summed E-state index contributed by atoms with van der Waals surface area (Å²) in [5.41, 5.74) is -0.911. The maximum absolute atomic E-state index is 13.4. The summed E-state index contributed by atoms with van der Waals surface area (Å²) in [7, 11) is 0. The minimum Gasteiger partial charge on any atom is -0.342 e. The number of imide groups is 1. The molecule has 4 rings (SSSR count). The number of rotatable bonds is 4. The van der Waals surface area contributed by atoms with Gasteiger partial charge in [0, 0.05) is 38.5 Å². The Balaban J connectivity index is 1.39. The van der Waals surface area contributed by atoms with E-state index in [2.05, 4.69) is 17.5 Å². The zero-order valence-corrected chi connectivity index (χ0v) is 18.6. The van der Waals surface area contributed by atoms with Gasteiger partial charge < -0.3 is 15.1 Å². The summed E-state index contributed by atoms with van der Waals surface area (Å²) in [6.45, 7) is 5.80. The van der Waals surface area contributed by atoms with E-state index < -0.39 is 5.54 Å². The lowest BCUT2D eigenvalue weighted by atomic mass is 9.86. The molecule has 5 amide bonds. The maximum Gasteiger partial charge on any atom is 0.325 e. The topological polar surface area (TPSA) is 90.0 Å². The van der Waals surface area contributed by atoms with Gasteiger partial charge in [-0.2, -0.15) is 0 Å². The van der Waals surface area contributed by atoms with Gasteiger partial charge in [0.2, 0.25) is 11.8 Å². The van der Waals surface area contributed by atoms with Crippen LogP contribution in [-0.2, 0) is 14.4 Å². The fourth-order valence-corrected chi connectivity index (χ4v) is 5.40. The number of piperidine rings is 2. The number of hydrogen-bond acceptors (Lipinski definition) is 4. The van der Waals surface area contributed by atoms with Gasteiger partial charge in [-0.1, -0.05) is 26.0 Å². The van der Waals surface area contributed by atoms with Gasteiger partial charge >= 0.3 is 6.03 Å². The summed E-state index contributed by atoms with van der Waals surface area (Å²) in [5, 5.41) is 2.94. The molecule has 31 heavy (non-hydrogen) atoms. The Morgan fingerprint density at radius 2 is 1.87 bits per heavy atom. The Morgan fingerprint density at radius 3 is 2.52 bits per heavy atom. The number of hydrogen-bond donors (Lipinski definition) is 1. The second-order valence-corrected chi connectivity index (χ2v) is 9.77. The molecule has 0 saturated carbocycles. The number of amides is 5. The van der Waals surface area contributed by atoms with Gasteiger partial charge in [0.25, 0.3) is 5.91 Å². The molecule has 0 aromatic rings. The molecular weight excluding hydrogens is 396 g/mol. The molecule has 8 heteroatoms. The molecule has 170 valence electrons. The molecule has 2 atom stereocenters. The van der Waals surface area contributed by atoms with Gasteiger partial charge in [-0.05, 0) is 44.4 Å². The van der Waals surface area contributed by atoms with Crippen molar-refractivity contribution in [2.75, 3.05) is 26.2 Å². The third kappa shape index (κ3) is 4.21. The van der Waals surface area contributed by atoms with Crippen LogP contribution in [0, 0.1) is 11.8 Å². The molecule has 1 N–H and O–H groups in total. The van der Waals surface area contributed by atoms with E-state index in [4.69, 9.17) is 0 Å². The molecular formula is C23H34N4O4. The first-order valence-corrected chi connectivity index (χ1v) is 11.7. The zero-order valence-electron chi connectivity index (χ0n) is 18.6. The monoisotopic (exact) mass is 430 g/mol. The lowest BCUT2D eigenvalue weighted by molar-refractivity contribution is -0.142. The largest absolute Gasteiger partial charge is 0.342 e. The summed E-state index contributed by atoms with van der Waals surface area (Å²) in [6, 6.07) is -0.634. The molecule has 0 aromatic heterocycles. The second kappa shape index (κ2) is 8.63. The Morgan fingerprint density at radius 1 is 1.13 bits per heavy atom. The van der Waals surface area contributed by atoms with Gasteiger partial charge in [0.05, 0.1) is 6.04 Å². The molecule has 0 radical (unpaired) electrons. The van der Waals surface area contributed by atoms with Crippen LogP contribution in [0.1, 0.15) is 58.8 Å². The predicted octanol–water partition coefficient (Wildman–Crippen LogP) is 1.90. The average molecular weight is 431 g/mol. The number of carbonyl (C=O) groups is 4. The van der Waals surface area contributed by atoms with Gasteiger partial charge in [0.15, 0.2) is 0 Å². The van der Waals surface area contributed by atoms with Crippen LogP contribution >= 0.6 is 0 Å². The van der Waals surface area contributed by atoms with Crippen LogP contribution in [0.2, 0.25) is 0 Å². The van der Waals surface area contributed by atoms with Crippen molar-refractivity contribution >= 4 is 23.8 Å². The summed E-state index contributed by atoms with van der Waals surface area (Å²) in [6.07, 6.45) is 9.21. The number of urea groups is 1. The fourth-order valence-electron chi connectivity index (χ4n) is 5.40. The van der Waals surface area contributed by atoms with E-state index in [1.165, 1.54) is 4.90 Å². The highest BCUT2D eigenvalue weighted by atomic mass is 16.2. The van der Waals surface area contributed by atoms with Crippen LogP contribution < -0.4 is 5.32 Å². The standard InChI is InChI=1S/C23H34N4O4/c1-16(2)20(29)25-12-9-23(10-13-25)21(30)27(22(31)24-23)18-8-5-11-26(15-18)19(28)14-17-6-3-4-7-17/h3,6,16-18H,4-5,7-15H2,1-2H3,(H,24,31)/t17-,18+/m0/s1. The summed E-state index contributed by atoms with van der Waals surface area (Å²) < 4.78 is 0. The summed E-state index contributed by atoms with van der Waals surface area (Å²) in [4.78, 5) is 56.3. The first kappa shape index (κ1) is 21.8. The highest BCUT2D eigenvalue weighted by Gasteiger charge is 2.55. The number of nitrogens with one attached hydrogen (secondary N) is 1. The maximum atomic E-state index is 13.4. The van der Waals surface area contributed by atoms with Crippen molar-refractivity contribution in [3.63, 3.8) is 0 Å². The Bertz CT molecular complexity index is 784. The summed E-state index contributed by atoms with van der Waals surface area (Å²) >= 11 is 0. The van der Waals surface area contributed by atoms with Crippen LogP contribution in [0.4, 0.5) is 4.79 Å². The van der Waals surface area contributed by atoms with Crippen molar-refractivity contribution < 1.29 is 19.2 Å². The Labute approximate surface area is 184 Å². The molecule has 3 heterocycles. The summed E-state index contributed by atoms with van der Waals surface area (Å²) in [5.74, 6) is 0.245. The first-order valence-electron chi connectivity index (χ1n) is 11.7. The average Bonchev–Trinajstić information content (AvgIpc) is 3.34. The van der Waals surface area contributed by atoms with E-state index in [1.807, 2.05) is 18.7 Å². The van der Waals surface area contributed by atoms with Crippen molar-refractivity contribution in [3.8, 4) is 0 Å². The highest BCUT2D eigenvalue weighted by molar-refractivity contribution is 6.07. The predicted molar refractivity (Wildman–Crippen MR) is 115 cm³/mol. The van der Waals surface area contributed by atoms with Gasteiger partial charge in [-0.3, -0.25) is 19.3 Å². The number of likely N-dealkylation sites (tertiary alicyclic amines) is 2. The molecule has 0 bridgehead atoms. The molecule has 1 spiro atoms. The minimum absolute atomic E-state index is 0.0788. The van der Waals surface area contributed by atoms with Crippen molar-refractivity contribution in [2.24, 2.45) is 11.8 Å². The quantitative estimate of drug-likeness (QED) is 0.545. The van der Waals surface area contributed by atoms with E-state index in [0.29, 0.717) is 51.4 Å². The molecule has 3 aliphatic heterocycles. The van der Waals surface area contributed by atoms with Crippen molar-refractivity contribution in [1.82, 2.24) is 20.0 Å². The normalized spacial score (nSPS) is 28.0. The zero-order chi connectivity index (χ0) is 22.2. The Hall–Kier alpha value is -2.38. The third-order valence-corrected chi connectivity index (χ3v) is 7.28. The molecule has 0 unspecified atom stereocenters. The van der Waals surface area contributed by atoms with Crippen LogP contribution in [0.5, 0.6) is 0 Å². The van der Waals surface area contributed by atoms with Crippen LogP contribution in [0.25, 0.3) is 0 Å². The van der Waals surface area contributed by atoms with Crippen LogP contribution in [-0.4, -0.2) is 76.2 Å². The first-order chi connectivity index (χ1) is 14.8. The lowest BCUT2D eigenvalue weighted by Gasteiger charge is -2.39. The molecule has 0 aromatic carbocycles. The van der Waals surface area contributed by atoms with E-state index in [0.717, 1.165) is 25.7 Å². The molecule has 1 aliphatic carbocycles. The van der Waals surface area contributed by atoms with E-state index >= 15 is 0 Å². The smallest absolute Gasteiger partial charge is 0.325 e. The van der Waals surface area contributed by atoms with Gasteiger partial charge in [-0.25, -0.2) is 4.79 Å². The number of carbonyl (C=O) groups excluding carboxylic acids is 4. The van der Waals surface area contributed by atoms with E-state index in [-0.39, 0.29) is 35.7 Å². The molecule has 8 nitrogen and oxygen atoms in total.